The maximum atomic E-state index is 13.1. The molecular formula is C26H30ClN3O. The molecule has 1 aromatic carbocycles. The van der Waals surface area contributed by atoms with Gasteiger partial charge < -0.3 is 5.32 Å². The third-order valence-electron chi connectivity index (χ3n) is 7.45. The minimum Gasteiger partial charge on any atom is -0.317 e. The number of benzene rings is 1. The van der Waals surface area contributed by atoms with Crippen molar-refractivity contribution in [1.29, 1.82) is 0 Å². The summed E-state index contributed by atoms with van der Waals surface area (Å²) in [7, 11) is 0. The van der Waals surface area contributed by atoms with E-state index in [9.17, 15) is 4.79 Å². The largest absolute Gasteiger partial charge is 0.317 e. The summed E-state index contributed by atoms with van der Waals surface area (Å²) >= 11 is 6.32. The second-order valence-corrected chi connectivity index (χ2v) is 9.64. The highest BCUT2D eigenvalue weighted by atomic mass is 35.5. The summed E-state index contributed by atoms with van der Waals surface area (Å²) in [6, 6.07) is 7.01. The van der Waals surface area contributed by atoms with Crippen LogP contribution in [0.2, 0.25) is 0 Å². The van der Waals surface area contributed by atoms with Crippen LogP contribution in [0, 0.1) is 0 Å². The first kappa shape index (κ1) is 20.7. The van der Waals surface area contributed by atoms with Gasteiger partial charge in [-0.25, -0.2) is 0 Å². The standard InChI is InChI=1S/C26H30ClN3O/c1-3-7-21-23(17(2)27)24(31)29-25-26(12-5-4-6-13-26)20-9-8-19(16-22(20)30(21)25)18-10-14-28-15-11-18/h3,7-9,16,18,28H,2,4-6,10-15H2,1H3/b7-3-. The van der Waals surface area contributed by atoms with Crippen LogP contribution in [0.5, 0.6) is 0 Å². The lowest BCUT2D eigenvalue weighted by Crippen LogP contribution is -2.33. The summed E-state index contributed by atoms with van der Waals surface area (Å²) in [5.74, 6) is 1.46. The molecule has 1 saturated heterocycles. The van der Waals surface area contributed by atoms with Crippen molar-refractivity contribution in [3.8, 4) is 5.69 Å². The zero-order chi connectivity index (χ0) is 21.6. The van der Waals surface area contributed by atoms with Crippen LogP contribution in [0.1, 0.15) is 86.0 Å². The second-order valence-electron chi connectivity index (χ2n) is 9.18. The van der Waals surface area contributed by atoms with E-state index in [2.05, 4.69) is 39.6 Å². The van der Waals surface area contributed by atoms with Crippen LogP contribution in [0.15, 0.2) is 35.6 Å². The van der Waals surface area contributed by atoms with E-state index in [-0.39, 0.29) is 16.0 Å². The fraction of sp³-hybridized carbons (Fsp3) is 0.462. The second kappa shape index (κ2) is 8.07. The van der Waals surface area contributed by atoms with Gasteiger partial charge >= 0.3 is 0 Å². The van der Waals surface area contributed by atoms with Crippen molar-refractivity contribution >= 4 is 22.7 Å². The number of hydrogen-bond acceptors (Lipinski definition) is 3. The maximum absolute atomic E-state index is 13.1. The van der Waals surface area contributed by atoms with Gasteiger partial charge in [-0.3, -0.25) is 9.36 Å². The lowest BCUT2D eigenvalue weighted by molar-refractivity contribution is 0.337. The van der Waals surface area contributed by atoms with E-state index < -0.39 is 0 Å². The van der Waals surface area contributed by atoms with Gasteiger partial charge in [-0.15, -0.1) is 0 Å². The zero-order valence-electron chi connectivity index (χ0n) is 18.2. The lowest BCUT2D eigenvalue weighted by Gasteiger charge is -2.34. The predicted molar refractivity (Wildman–Crippen MR) is 128 cm³/mol. The quantitative estimate of drug-likeness (QED) is 0.691. The van der Waals surface area contributed by atoms with Crippen molar-refractivity contribution in [2.75, 3.05) is 13.1 Å². The van der Waals surface area contributed by atoms with Gasteiger partial charge in [-0.1, -0.05) is 55.7 Å². The van der Waals surface area contributed by atoms with Crippen LogP contribution < -0.4 is 10.9 Å². The summed E-state index contributed by atoms with van der Waals surface area (Å²) in [5, 5.41) is 3.72. The van der Waals surface area contributed by atoms with Crippen molar-refractivity contribution in [2.24, 2.45) is 0 Å². The van der Waals surface area contributed by atoms with Gasteiger partial charge in [-0.2, -0.15) is 4.98 Å². The first-order chi connectivity index (χ1) is 15.1. The van der Waals surface area contributed by atoms with Crippen molar-refractivity contribution in [2.45, 2.75) is 63.2 Å². The topological polar surface area (TPSA) is 46.9 Å². The smallest absolute Gasteiger partial charge is 0.282 e. The molecule has 31 heavy (non-hydrogen) atoms. The fourth-order valence-electron chi connectivity index (χ4n) is 5.99. The van der Waals surface area contributed by atoms with E-state index in [1.54, 1.807) is 0 Å². The van der Waals surface area contributed by atoms with Crippen molar-refractivity contribution in [3.05, 3.63) is 69.4 Å². The number of nitrogens with one attached hydrogen (secondary N) is 1. The Morgan fingerprint density at radius 2 is 2.00 bits per heavy atom. The van der Waals surface area contributed by atoms with Crippen molar-refractivity contribution in [3.63, 3.8) is 0 Å². The molecule has 162 valence electrons. The Labute approximate surface area is 189 Å². The van der Waals surface area contributed by atoms with Crippen molar-refractivity contribution < 1.29 is 0 Å². The predicted octanol–water partition coefficient (Wildman–Crippen LogP) is 5.51. The van der Waals surface area contributed by atoms with Gasteiger partial charge in [0.05, 0.1) is 22.4 Å². The molecule has 2 fully saturated rings. The molecule has 3 aliphatic rings. The zero-order valence-corrected chi connectivity index (χ0v) is 19.0. The summed E-state index contributed by atoms with van der Waals surface area (Å²) in [4.78, 5) is 17.8. The number of rotatable bonds is 3. The van der Waals surface area contributed by atoms with Crippen LogP contribution in [0.3, 0.4) is 0 Å². The van der Waals surface area contributed by atoms with Crippen LogP contribution in [0.25, 0.3) is 16.8 Å². The highest BCUT2D eigenvalue weighted by molar-refractivity contribution is 6.48. The Bertz CT molecular complexity index is 1120. The third kappa shape index (κ3) is 3.23. The Hall–Kier alpha value is -2.17. The highest BCUT2D eigenvalue weighted by Crippen LogP contribution is 2.52. The Morgan fingerprint density at radius 3 is 2.68 bits per heavy atom. The molecule has 1 aromatic heterocycles. The monoisotopic (exact) mass is 435 g/mol. The molecule has 1 spiro atoms. The van der Waals surface area contributed by atoms with Gasteiger partial charge in [0.25, 0.3) is 5.56 Å². The van der Waals surface area contributed by atoms with E-state index in [4.69, 9.17) is 11.6 Å². The van der Waals surface area contributed by atoms with Gasteiger partial charge in [0.2, 0.25) is 0 Å². The molecule has 1 aliphatic carbocycles. The van der Waals surface area contributed by atoms with E-state index in [1.165, 1.54) is 23.2 Å². The first-order valence-corrected chi connectivity index (χ1v) is 11.9. The molecule has 5 heteroatoms. The molecule has 0 amide bonds. The average Bonchev–Trinajstić information content (AvgIpc) is 3.03. The number of allylic oxidation sites excluding steroid dienone is 1. The molecule has 2 aliphatic heterocycles. The molecule has 3 heterocycles. The summed E-state index contributed by atoms with van der Waals surface area (Å²) in [5.41, 5.74) is 4.65. The van der Waals surface area contributed by atoms with Gasteiger partial charge in [0.1, 0.15) is 5.82 Å². The maximum Gasteiger partial charge on any atom is 0.282 e. The third-order valence-corrected chi connectivity index (χ3v) is 7.64. The van der Waals surface area contributed by atoms with Crippen LogP contribution in [-0.4, -0.2) is 22.6 Å². The van der Waals surface area contributed by atoms with E-state index in [0.717, 1.165) is 63.1 Å². The molecular weight excluding hydrogens is 406 g/mol. The van der Waals surface area contributed by atoms with Crippen LogP contribution in [0.4, 0.5) is 0 Å². The summed E-state index contributed by atoms with van der Waals surface area (Å²) in [6.07, 6.45) is 11.9. The van der Waals surface area contributed by atoms with Gasteiger partial charge in [-0.05, 0) is 74.9 Å². The number of fused-ring (bicyclic) bond motifs is 5. The minimum absolute atomic E-state index is 0.179. The molecule has 4 nitrogen and oxygen atoms in total. The lowest BCUT2D eigenvalue weighted by atomic mass is 9.69. The molecule has 0 radical (unpaired) electrons. The van der Waals surface area contributed by atoms with Crippen molar-refractivity contribution in [1.82, 2.24) is 14.9 Å². The average molecular weight is 436 g/mol. The first-order valence-electron chi connectivity index (χ1n) is 11.6. The van der Waals surface area contributed by atoms with E-state index >= 15 is 0 Å². The van der Waals surface area contributed by atoms with Crippen LogP contribution >= 0.6 is 11.6 Å². The molecule has 2 aromatic rings. The molecule has 1 N–H and O–H groups in total. The molecule has 0 atom stereocenters. The highest BCUT2D eigenvalue weighted by Gasteiger charge is 2.47. The minimum atomic E-state index is -0.268. The number of aromatic nitrogens is 2. The molecule has 1 saturated carbocycles. The van der Waals surface area contributed by atoms with E-state index in [1.807, 2.05) is 19.1 Å². The Balaban J connectivity index is 1.80. The molecule has 0 unspecified atom stereocenters. The van der Waals surface area contributed by atoms with Gasteiger partial charge in [0, 0.05) is 5.03 Å². The number of halogens is 1. The van der Waals surface area contributed by atoms with E-state index in [0.29, 0.717) is 11.5 Å². The fourth-order valence-corrected chi connectivity index (χ4v) is 6.17. The normalized spacial score (nSPS) is 20.2. The molecule has 0 bridgehead atoms. The van der Waals surface area contributed by atoms with Gasteiger partial charge in [0.15, 0.2) is 0 Å². The number of piperidine rings is 1. The van der Waals surface area contributed by atoms with Crippen LogP contribution in [-0.2, 0) is 5.41 Å². The number of hydrogen-bond donors (Lipinski definition) is 1. The Morgan fingerprint density at radius 1 is 1.26 bits per heavy atom. The Kier molecular flexibility index (Phi) is 5.39. The SMILES string of the molecule is C=C(Cl)c1c(/C=C\C)n2c(nc1=O)C1(CCCCC1)c1ccc(C3CCNCC3)cc1-2. The number of nitrogens with zero attached hydrogens (tertiary/aromatic N) is 2. The molecule has 5 rings (SSSR count). The summed E-state index contributed by atoms with van der Waals surface area (Å²) < 4.78 is 2.22. The summed E-state index contributed by atoms with van der Waals surface area (Å²) in [6.45, 7) is 7.98.